The van der Waals surface area contributed by atoms with Gasteiger partial charge in [-0.3, -0.25) is 0 Å². The molecule has 0 saturated heterocycles. The van der Waals surface area contributed by atoms with Gasteiger partial charge in [-0.15, -0.1) is 0 Å². The molecule has 1 aromatic carbocycles. The predicted molar refractivity (Wildman–Crippen MR) is 70.2 cm³/mol. The van der Waals surface area contributed by atoms with Crippen molar-refractivity contribution in [3.05, 3.63) is 22.7 Å². The Kier molecular flexibility index (Phi) is 5.63. The van der Waals surface area contributed by atoms with E-state index >= 15 is 0 Å². The lowest BCUT2D eigenvalue weighted by atomic mass is 10.2. The summed E-state index contributed by atoms with van der Waals surface area (Å²) < 4.78 is 11.2. The Hall–Kier alpha value is -0.740. The summed E-state index contributed by atoms with van der Waals surface area (Å²) in [6, 6.07) is 5.95. The van der Waals surface area contributed by atoms with Crippen molar-refractivity contribution in [1.82, 2.24) is 0 Å². The van der Waals surface area contributed by atoms with Crippen molar-refractivity contribution in [1.29, 1.82) is 0 Å². The molecule has 0 saturated carbocycles. The van der Waals surface area contributed by atoms with E-state index in [9.17, 15) is 0 Å². The molecule has 0 aliphatic carbocycles. The third kappa shape index (κ3) is 4.02. The fraction of sp³-hybridized carbons (Fsp3) is 0.500. The lowest BCUT2D eigenvalue weighted by Crippen LogP contribution is -2.15. The molecule has 0 heterocycles. The molecule has 16 heavy (non-hydrogen) atoms. The molecular weight excluding hydrogens is 270 g/mol. The van der Waals surface area contributed by atoms with Crippen LogP contribution in [0.15, 0.2) is 22.7 Å². The number of anilines is 1. The van der Waals surface area contributed by atoms with E-state index in [-0.39, 0.29) is 0 Å². The van der Waals surface area contributed by atoms with E-state index in [0.717, 1.165) is 29.1 Å². The van der Waals surface area contributed by atoms with Gasteiger partial charge < -0.3 is 14.8 Å². The Bertz CT molecular complexity index is 331. The van der Waals surface area contributed by atoms with Crippen LogP contribution >= 0.6 is 15.9 Å². The summed E-state index contributed by atoms with van der Waals surface area (Å²) in [5.41, 5.74) is 1.08. The van der Waals surface area contributed by atoms with Crippen LogP contribution in [0.4, 0.5) is 5.69 Å². The highest BCUT2D eigenvalue weighted by atomic mass is 79.9. The summed E-state index contributed by atoms with van der Waals surface area (Å²) in [6.45, 7) is 3.81. The van der Waals surface area contributed by atoms with E-state index in [1.54, 1.807) is 14.2 Å². The number of halogens is 1. The summed E-state index contributed by atoms with van der Waals surface area (Å²) in [5, 5.41) is 3.36. The molecule has 0 radical (unpaired) electrons. The summed E-state index contributed by atoms with van der Waals surface area (Å²) >= 11 is 3.46. The third-order valence-electron chi connectivity index (χ3n) is 2.26. The van der Waals surface area contributed by atoms with Crippen LogP contribution in [0.1, 0.15) is 6.92 Å². The second-order valence-electron chi connectivity index (χ2n) is 3.79. The molecule has 0 amide bonds. The molecule has 1 aromatic rings. The van der Waals surface area contributed by atoms with Crippen LogP contribution < -0.4 is 10.1 Å². The fourth-order valence-corrected chi connectivity index (χ4v) is 1.95. The van der Waals surface area contributed by atoms with Crippen LogP contribution in [-0.2, 0) is 4.74 Å². The van der Waals surface area contributed by atoms with Gasteiger partial charge in [0.25, 0.3) is 0 Å². The van der Waals surface area contributed by atoms with Crippen molar-refractivity contribution < 1.29 is 9.47 Å². The van der Waals surface area contributed by atoms with E-state index in [1.807, 2.05) is 18.2 Å². The van der Waals surface area contributed by atoms with Crippen molar-refractivity contribution >= 4 is 21.6 Å². The highest BCUT2D eigenvalue weighted by Crippen LogP contribution is 2.27. The first-order valence-corrected chi connectivity index (χ1v) is 6.03. The number of ether oxygens (including phenoxy) is 2. The van der Waals surface area contributed by atoms with E-state index in [1.165, 1.54) is 0 Å². The Balaban J connectivity index is 2.51. The van der Waals surface area contributed by atoms with Crippen molar-refractivity contribution in [3.63, 3.8) is 0 Å². The second kappa shape index (κ2) is 6.76. The van der Waals surface area contributed by atoms with Crippen molar-refractivity contribution in [2.24, 2.45) is 5.92 Å². The second-order valence-corrected chi connectivity index (χ2v) is 4.65. The van der Waals surface area contributed by atoms with E-state index < -0.39 is 0 Å². The lowest BCUT2D eigenvalue weighted by molar-refractivity contribution is 0.164. The highest BCUT2D eigenvalue weighted by molar-refractivity contribution is 9.10. The number of methoxy groups -OCH3 is 2. The first kappa shape index (κ1) is 13.3. The van der Waals surface area contributed by atoms with Gasteiger partial charge in [0.15, 0.2) is 0 Å². The molecule has 0 aliphatic rings. The first-order chi connectivity index (χ1) is 7.67. The topological polar surface area (TPSA) is 30.5 Å². The lowest BCUT2D eigenvalue weighted by Gasteiger charge is -2.13. The molecule has 90 valence electrons. The maximum atomic E-state index is 5.17. The number of hydrogen-bond donors (Lipinski definition) is 1. The maximum absolute atomic E-state index is 5.17. The molecule has 0 spiro atoms. The number of rotatable bonds is 6. The van der Waals surface area contributed by atoms with Crippen LogP contribution in [0.5, 0.6) is 5.75 Å². The van der Waals surface area contributed by atoms with Gasteiger partial charge in [0.05, 0.1) is 18.2 Å². The molecule has 4 heteroatoms. The van der Waals surface area contributed by atoms with Gasteiger partial charge >= 0.3 is 0 Å². The standard InChI is InChI=1S/C12H18BrNO2/c1-9(8-15-2)7-14-10-4-5-12(16-3)11(13)6-10/h4-6,9,14H,7-8H2,1-3H3. The van der Waals surface area contributed by atoms with Crippen molar-refractivity contribution in [3.8, 4) is 5.75 Å². The van der Waals surface area contributed by atoms with Gasteiger partial charge in [-0.25, -0.2) is 0 Å². The average molecular weight is 288 g/mol. The predicted octanol–water partition coefficient (Wildman–Crippen LogP) is 3.15. The highest BCUT2D eigenvalue weighted by Gasteiger charge is 2.03. The minimum absolute atomic E-state index is 0.492. The maximum Gasteiger partial charge on any atom is 0.133 e. The molecular formula is C12H18BrNO2. The van der Waals surface area contributed by atoms with Gasteiger partial charge in [-0.2, -0.15) is 0 Å². The summed E-state index contributed by atoms with van der Waals surface area (Å²) in [7, 11) is 3.38. The molecule has 1 N–H and O–H groups in total. The Labute approximate surface area is 105 Å². The van der Waals surface area contributed by atoms with E-state index in [4.69, 9.17) is 9.47 Å². The first-order valence-electron chi connectivity index (χ1n) is 5.23. The molecule has 1 atom stereocenters. The summed E-state index contributed by atoms with van der Waals surface area (Å²) in [4.78, 5) is 0. The number of benzene rings is 1. The van der Waals surface area contributed by atoms with Crippen LogP contribution in [0.2, 0.25) is 0 Å². The normalized spacial score (nSPS) is 12.2. The monoisotopic (exact) mass is 287 g/mol. The molecule has 1 rings (SSSR count). The Morgan fingerprint density at radius 1 is 1.38 bits per heavy atom. The Morgan fingerprint density at radius 2 is 2.12 bits per heavy atom. The minimum Gasteiger partial charge on any atom is -0.496 e. The van der Waals surface area contributed by atoms with Crippen molar-refractivity contribution in [2.45, 2.75) is 6.92 Å². The van der Waals surface area contributed by atoms with Gasteiger partial charge in [-0.05, 0) is 40.0 Å². The SMILES string of the molecule is COCC(C)CNc1ccc(OC)c(Br)c1. The zero-order chi connectivity index (χ0) is 12.0. The average Bonchev–Trinajstić information content (AvgIpc) is 2.27. The van der Waals surface area contributed by atoms with Gasteiger partial charge in [0.1, 0.15) is 5.75 Å². The van der Waals surface area contributed by atoms with Gasteiger partial charge in [0, 0.05) is 19.3 Å². The van der Waals surface area contributed by atoms with Crippen LogP contribution in [-0.4, -0.2) is 27.4 Å². The number of hydrogen-bond acceptors (Lipinski definition) is 3. The third-order valence-corrected chi connectivity index (χ3v) is 2.88. The largest absolute Gasteiger partial charge is 0.496 e. The molecule has 0 aromatic heterocycles. The van der Waals surface area contributed by atoms with Crippen LogP contribution in [0.3, 0.4) is 0 Å². The molecule has 1 unspecified atom stereocenters. The summed E-state index contributed by atoms with van der Waals surface area (Å²) in [5.74, 6) is 1.33. The van der Waals surface area contributed by atoms with Gasteiger partial charge in [0.2, 0.25) is 0 Å². The molecule has 3 nitrogen and oxygen atoms in total. The van der Waals surface area contributed by atoms with Crippen LogP contribution in [0.25, 0.3) is 0 Å². The number of nitrogens with one attached hydrogen (secondary N) is 1. The van der Waals surface area contributed by atoms with E-state index in [0.29, 0.717) is 5.92 Å². The van der Waals surface area contributed by atoms with Crippen molar-refractivity contribution in [2.75, 3.05) is 32.7 Å². The zero-order valence-electron chi connectivity index (χ0n) is 9.92. The molecule has 0 fully saturated rings. The Morgan fingerprint density at radius 3 is 2.69 bits per heavy atom. The minimum atomic E-state index is 0.492. The quantitative estimate of drug-likeness (QED) is 0.872. The zero-order valence-corrected chi connectivity index (χ0v) is 11.5. The molecule has 0 bridgehead atoms. The summed E-state index contributed by atoms with van der Waals surface area (Å²) in [6.07, 6.45) is 0. The fourth-order valence-electron chi connectivity index (χ4n) is 1.41. The van der Waals surface area contributed by atoms with E-state index in [2.05, 4.69) is 28.2 Å². The smallest absolute Gasteiger partial charge is 0.133 e. The van der Waals surface area contributed by atoms with Crippen LogP contribution in [0, 0.1) is 5.92 Å². The molecule has 0 aliphatic heterocycles. The van der Waals surface area contributed by atoms with Gasteiger partial charge in [-0.1, -0.05) is 6.92 Å².